The Balaban J connectivity index is 2.25. The molecule has 25 heavy (non-hydrogen) atoms. The molecule has 0 amide bonds. The first kappa shape index (κ1) is 16.7. The van der Waals surface area contributed by atoms with Crippen LogP contribution in [0.3, 0.4) is 0 Å². The minimum absolute atomic E-state index is 0.00251. The van der Waals surface area contributed by atoms with E-state index in [1.165, 1.54) is 20.8 Å². The summed E-state index contributed by atoms with van der Waals surface area (Å²) >= 11 is 0.662. The summed E-state index contributed by atoms with van der Waals surface area (Å²) in [7, 11) is 0. The maximum atomic E-state index is 14.7. The molecule has 1 heterocycles. The molecule has 0 unspecified atom stereocenters. The van der Waals surface area contributed by atoms with Gasteiger partial charge in [-0.1, -0.05) is 0 Å². The Hall–Kier alpha value is -1.76. The van der Waals surface area contributed by atoms with Crippen LogP contribution in [-0.2, 0) is 0 Å². The molecule has 0 aliphatic heterocycles. The van der Waals surface area contributed by atoms with E-state index < -0.39 is 11.6 Å². The summed E-state index contributed by atoms with van der Waals surface area (Å²) in [5, 5.41) is 2.07. The zero-order chi connectivity index (χ0) is 17.9. The zero-order valence-corrected chi connectivity index (χ0v) is 18.8. The summed E-state index contributed by atoms with van der Waals surface area (Å²) in [6.07, 6.45) is 0. The molecule has 1 aromatic heterocycles. The van der Waals surface area contributed by atoms with Crippen molar-refractivity contribution in [1.29, 1.82) is 0 Å². The Bertz CT molecular complexity index is 1130. The number of aryl methyl sites for hydroxylation is 3. The molecule has 0 saturated heterocycles. The Kier molecular flexibility index (Phi) is 3.94. The van der Waals surface area contributed by atoms with Crippen molar-refractivity contribution in [2.75, 3.05) is 0 Å². The third kappa shape index (κ3) is 2.60. The SMILES string of the molecule is Cc1cc(F)c(-n2c3ccc(C)cc3c3cc(C)[c]([Tl])cc32)c(F)c1. The number of hydrogen-bond acceptors (Lipinski definition) is 0. The van der Waals surface area contributed by atoms with E-state index >= 15 is 0 Å². The molecule has 0 atom stereocenters. The van der Waals surface area contributed by atoms with Crippen molar-refractivity contribution in [2.45, 2.75) is 20.8 Å². The number of halogens is 2. The Morgan fingerprint density at radius 3 is 2.08 bits per heavy atom. The molecule has 4 rings (SSSR count). The molecule has 4 aromatic rings. The third-order valence-electron chi connectivity index (χ3n) is 4.69. The summed E-state index contributed by atoms with van der Waals surface area (Å²) in [6.45, 7) is 5.83. The van der Waals surface area contributed by atoms with Crippen LogP contribution in [-0.4, -0.2) is 30.3 Å². The van der Waals surface area contributed by atoms with Crippen molar-refractivity contribution in [3.8, 4) is 5.69 Å². The van der Waals surface area contributed by atoms with E-state index in [0.29, 0.717) is 31.3 Å². The van der Waals surface area contributed by atoms with Crippen molar-refractivity contribution in [2.24, 2.45) is 0 Å². The van der Waals surface area contributed by atoms with Crippen molar-refractivity contribution < 1.29 is 8.78 Å². The Labute approximate surface area is 161 Å². The van der Waals surface area contributed by atoms with Gasteiger partial charge in [0.15, 0.2) is 0 Å². The van der Waals surface area contributed by atoms with E-state index in [2.05, 4.69) is 25.1 Å². The van der Waals surface area contributed by atoms with Gasteiger partial charge in [0, 0.05) is 0 Å². The van der Waals surface area contributed by atoms with E-state index in [0.717, 1.165) is 27.4 Å². The van der Waals surface area contributed by atoms with Gasteiger partial charge in [0.05, 0.1) is 0 Å². The fraction of sp³-hybridized carbons (Fsp3) is 0.143. The van der Waals surface area contributed by atoms with Crippen LogP contribution >= 0.6 is 0 Å². The molecule has 0 aliphatic carbocycles. The van der Waals surface area contributed by atoms with Crippen LogP contribution in [0.25, 0.3) is 27.5 Å². The van der Waals surface area contributed by atoms with E-state index in [4.69, 9.17) is 0 Å². The molecule has 3 aromatic carbocycles. The maximum absolute atomic E-state index is 14.7. The summed E-state index contributed by atoms with van der Waals surface area (Å²) < 4.78 is 32.5. The molecular formula is C21H16F2NTl. The normalized spacial score (nSPS) is 11.5. The summed E-state index contributed by atoms with van der Waals surface area (Å²) in [6, 6.07) is 13.0. The fourth-order valence-corrected chi connectivity index (χ4v) is 4.39. The van der Waals surface area contributed by atoms with E-state index in [1.54, 1.807) is 11.5 Å². The van der Waals surface area contributed by atoms with Gasteiger partial charge < -0.3 is 0 Å². The summed E-state index contributed by atoms with van der Waals surface area (Å²) in [4.78, 5) is 0. The summed E-state index contributed by atoms with van der Waals surface area (Å²) in [5.41, 5.74) is 4.65. The second kappa shape index (κ2) is 5.90. The average Bonchev–Trinajstić information content (AvgIpc) is 2.80. The molecule has 0 N–H and O–H groups in total. The van der Waals surface area contributed by atoms with E-state index in [9.17, 15) is 8.78 Å². The molecule has 0 aliphatic rings. The van der Waals surface area contributed by atoms with Gasteiger partial charge in [0.1, 0.15) is 0 Å². The van der Waals surface area contributed by atoms with Crippen LogP contribution in [0.5, 0.6) is 0 Å². The Morgan fingerprint density at radius 2 is 1.40 bits per heavy atom. The van der Waals surface area contributed by atoms with Crippen LogP contribution in [0.2, 0.25) is 0 Å². The monoisotopic (exact) mass is 525 g/mol. The van der Waals surface area contributed by atoms with Crippen LogP contribution in [0.15, 0.2) is 42.5 Å². The number of benzene rings is 3. The molecule has 0 bridgehead atoms. The molecule has 0 spiro atoms. The van der Waals surface area contributed by atoms with Crippen molar-refractivity contribution in [3.63, 3.8) is 0 Å². The number of fused-ring (bicyclic) bond motifs is 3. The molecule has 0 saturated carbocycles. The average molecular weight is 525 g/mol. The standard InChI is InChI=1S/C21H16F2N.Tl/c1-12-4-6-19-15(8-12)16-9-13(2)5-7-20(16)24(19)21-17(22)10-14(3)11-18(21)23;/h4,6-11H,1-3H3;. The predicted molar refractivity (Wildman–Crippen MR) is 100 cm³/mol. The number of nitrogens with zero attached hydrogens (tertiary/aromatic N) is 1. The molecular weight excluding hydrogens is 509 g/mol. The van der Waals surface area contributed by atoms with Crippen molar-refractivity contribution >= 4 is 50.7 Å². The molecule has 1 nitrogen and oxygen atoms in total. The number of rotatable bonds is 1. The molecule has 4 heteroatoms. The third-order valence-corrected chi connectivity index (χ3v) is 7.11. The van der Waals surface area contributed by atoms with Crippen LogP contribution < -0.4 is 3.12 Å². The predicted octanol–water partition coefficient (Wildman–Crippen LogP) is 4.78. The van der Waals surface area contributed by atoms with Crippen molar-refractivity contribution in [3.05, 3.63) is 70.8 Å². The minimum atomic E-state index is -0.533. The summed E-state index contributed by atoms with van der Waals surface area (Å²) in [5.74, 6) is -1.07. The second-order valence-corrected chi connectivity index (χ2v) is 9.08. The van der Waals surface area contributed by atoms with Gasteiger partial charge in [0.25, 0.3) is 0 Å². The molecule has 0 fully saturated rings. The van der Waals surface area contributed by atoms with Crippen LogP contribution in [0.1, 0.15) is 16.7 Å². The first-order valence-electron chi connectivity index (χ1n) is 8.13. The van der Waals surface area contributed by atoms with Gasteiger partial charge in [-0.05, 0) is 0 Å². The van der Waals surface area contributed by atoms with Gasteiger partial charge in [-0.2, -0.15) is 0 Å². The fourth-order valence-electron chi connectivity index (χ4n) is 3.45. The zero-order valence-electron chi connectivity index (χ0n) is 14.3. The van der Waals surface area contributed by atoms with Crippen molar-refractivity contribution in [1.82, 2.24) is 4.57 Å². The first-order chi connectivity index (χ1) is 11.9. The van der Waals surface area contributed by atoms with E-state index in [1.807, 2.05) is 19.1 Å². The van der Waals surface area contributed by atoms with Gasteiger partial charge in [0.2, 0.25) is 0 Å². The topological polar surface area (TPSA) is 4.93 Å². The second-order valence-electron chi connectivity index (χ2n) is 6.66. The van der Waals surface area contributed by atoms with Crippen LogP contribution in [0.4, 0.5) is 8.78 Å². The number of hydrogen-bond donors (Lipinski definition) is 0. The first-order valence-corrected chi connectivity index (χ1v) is 10.4. The quantitative estimate of drug-likeness (QED) is 0.316. The number of aromatic nitrogens is 1. The Morgan fingerprint density at radius 1 is 0.760 bits per heavy atom. The van der Waals surface area contributed by atoms with Gasteiger partial charge >= 0.3 is 161 Å². The van der Waals surface area contributed by atoms with Gasteiger partial charge in [-0.25, -0.2) is 0 Å². The van der Waals surface area contributed by atoms with Crippen LogP contribution in [0, 0.1) is 32.4 Å². The molecule has 0 radical (unpaired) electrons. The van der Waals surface area contributed by atoms with E-state index in [-0.39, 0.29) is 5.69 Å². The van der Waals surface area contributed by atoms with Gasteiger partial charge in [-0.15, -0.1) is 0 Å². The van der Waals surface area contributed by atoms with Gasteiger partial charge in [-0.3, -0.25) is 0 Å². The molecule has 122 valence electrons.